The van der Waals surface area contributed by atoms with Crippen molar-refractivity contribution in [2.45, 2.75) is 98.9 Å². The number of alkyl carbamates (subject to hydrolysis) is 1. The molecule has 8 nitrogen and oxygen atoms in total. The summed E-state index contributed by atoms with van der Waals surface area (Å²) in [4.78, 5) is 42.1. The SMILES string of the molecule is Cc1ccccc1NC(=O)C(c1cccc(C)c1O)N(C(=O)C(C)NC(=O)OC(C)(C)C)C(C)CCC(C)C. The Labute approximate surface area is 233 Å². The molecule has 2 rings (SSSR count). The summed E-state index contributed by atoms with van der Waals surface area (Å²) in [7, 11) is 0. The molecule has 0 aromatic heterocycles. The van der Waals surface area contributed by atoms with Gasteiger partial charge in [0, 0.05) is 17.3 Å². The van der Waals surface area contributed by atoms with Crippen molar-refractivity contribution >= 4 is 23.6 Å². The summed E-state index contributed by atoms with van der Waals surface area (Å²) in [6.07, 6.45) is 0.728. The van der Waals surface area contributed by atoms with Crippen LogP contribution < -0.4 is 10.6 Å². The van der Waals surface area contributed by atoms with Crippen LogP contribution in [0.3, 0.4) is 0 Å². The van der Waals surface area contributed by atoms with Gasteiger partial charge in [0.05, 0.1) is 0 Å². The largest absolute Gasteiger partial charge is 0.507 e. The molecule has 39 heavy (non-hydrogen) atoms. The van der Waals surface area contributed by atoms with Gasteiger partial charge in [0.15, 0.2) is 0 Å². The van der Waals surface area contributed by atoms with Crippen molar-refractivity contribution in [1.29, 1.82) is 0 Å². The Bertz CT molecular complexity index is 1160. The van der Waals surface area contributed by atoms with E-state index in [4.69, 9.17) is 4.74 Å². The molecular formula is C31H45N3O5. The third-order valence-corrected chi connectivity index (χ3v) is 6.49. The number of hydrogen-bond acceptors (Lipinski definition) is 5. The molecule has 0 aliphatic carbocycles. The Morgan fingerprint density at radius 2 is 1.54 bits per heavy atom. The summed E-state index contributed by atoms with van der Waals surface area (Å²) in [6.45, 7) is 16.5. The third-order valence-electron chi connectivity index (χ3n) is 6.49. The van der Waals surface area contributed by atoms with E-state index in [2.05, 4.69) is 24.5 Å². The second-order valence-electron chi connectivity index (χ2n) is 11.7. The molecule has 0 saturated carbocycles. The van der Waals surface area contributed by atoms with Gasteiger partial charge in [0.25, 0.3) is 5.91 Å². The quantitative estimate of drug-likeness (QED) is 0.330. The molecule has 0 spiro atoms. The summed E-state index contributed by atoms with van der Waals surface area (Å²) in [5.74, 6) is -0.584. The highest BCUT2D eigenvalue weighted by Crippen LogP contribution is 2.35. The van der Waals surface area contributed by atoms with Crippen LogP contribution in [0.4, 0.5) is 10.5 Å². The summed E-state index contributed by atoms with van der Waals surface area (Å²) >= 11 is 0. The molecule has 0 aliphatic heterocycles. The molecule has 2 aromatic rings. The molecule has 3 unspecified atom stereocenters. The van der Waals surface area contributed by atoms with Gasteiger partial charge < -0.3 is 25.4 Å². The Hall–Kier alpha value is -3.55. The lowest BCUT2D eigenvalue weighted by Gasteiger charge is -2.38. The zero-order chi connectivity index (χ0) is 29.5. The summed E-state index contributed by atoms with van der Waals surface area (Å²) in [5.41, 5.74) is 1.64. The zero-order valence-electron chi connectivity index (χ0n) is 24.8. The fourth-order valence-electron chi connectivity index (χ4n) is 4.32. The van der Waals surface area contributed by atoms with E-state index in [-0.39, 0.29) is 11.8 Å². The second kappa shape index (κ2) is 13.5. The molecule has 3 N–H and O–H groups in total. The van der Waals surface area contributed by atoms with Crippen LogP contribution in [0.1, 0.15) is 84.0 Å². The Morgan fingerprint density at radius 1 is 0.923 bits per heavy atom. The lowest BCUT2D eigenvalue weighted by molar-refractivity contribution is -0.143. The summed E-state index contributed by atoms with van der Waals surface area (Å²) < 4.78 is 5.36. The van der Waals surface area contributed by atoms with Crippen LogP contribution in [-0.4, -0.2) is 45.6 Å². The number of nitrogens with one attached hydrogen (secondary N) is 2. The van der Waals surface area contributed by atoms with Crippen molar-refractivity contribution in [3.63, 3.8) is 0 Å². The molecular weight excluding hydrogens is 494 g/mol. The van der Waals surface area contributed by atoms with E-state index in [0.717, 1.165) is 12.0 Å². The molecule has 0 fully saturated rings. The Kier molecular flexibility index (Phi) is 11.0. The maximum atomic E-state index is 14.1. The van der Waals surface area contributed by atoms with Crippen LogP contribution >= 0.6 is 0 Å². The van der Waals surface area contributed by atoms with Gasteiger partial charge in [0.2, 0.25) is 5.91 Å². The van der Waals surface area contributed by atoms with Crippen LogP contribution in [-0.2, 0) is 14.3 Å². The van der Waals surface area contributed by atoms with Gasteiger partial charge in [-0.25, -0.2) is 4.79 Å². The number of carbonyl (C=O) groups is 3. The van der Waals surface area contributed by atoms with Gasteiger partial charge in [-0.1, -0.05) is 50.2 Å². The van der Waals surface area contributed by atoms with Gasteiger partial charge >= 0.3 is 6.09 Å². The molecule has 0 radical (unpaired) electrons. The van der Waals surface area contributed by atoms with Crippen LogP contribution in [0.15, 0.2) is 42.5 Å². The number of benzene rings is 2. The molecule has 214 valence electrons. The normalized spacial score (nSPS) is 13.8. The topological polar surface area (TPSA) is 108 Å². The highest BCUT2D eigenvalue weighted by molar-refractivity contribution is 5.99. The van der Waals surface area contributed by atoms with Gasteiger partial charge in [-0.3, -0.25) is 9.59 Å². The van der Waals surface area contributed by atoms with Crippen molar-refractivity contribution in [3.05, 3.63) is 59.2 Å². The average Bonchev–Trinajstić information content (AvgIpc) is 2.82. The lowest BCUT2D eigenvalue weighted by Crippen LogP contribution is -2.54. The second-order valence-corrected chi connectivity index (χ2v) is 11.7. The first kappa shape index (κ1) is 31.7. The number of hydrogen-bond donors (Lipinski definition) is 3. The average molecular weight is 540 g/mol. The lowest BCUT2D eigenvalue weighted by atomic mass is 9.95. The number of anilines is 1. The molecule has 3 atom stereocenters. The monoisotopic (exact) mass is 539 g/mol. The van der Waals surface area contributed by atoms with E-state index in [1.54, 1.807) is 58.9 Å². The van der Waals surface area contributed by atoms with Gasteiger partial charge in [-0.2, -0.15) is 0 Å². The van der Waals surface area contributed by atoms with Crippen LogP contribution in [0, 0.1) is 19.8 Å². The van der Waals surface area contributed by atoms with E-state index in [1.807, 2.05) is 32.0 Å². The Morgan fingerprint density at radius 3 is 2.13 bits per heavy atom. The van der Waals surface area contributed by atoms with Crippen molar-refractivity contribution in [3.8, 4) is 5.75 Å². The van der Waals surface area contributed by atoms with Gasteiger partial charge in [0.1, 0.15) is 23.4 Å². The maximum absolute atomic E-state index is 14.1. The minimum Gasteiger partial charge on any atom is -0.507 e. The number of nitrogens with zero attached hydrogens (tertiary/aromatic N) is 1. The molecule has 0 heterocycles. The van der Waals surface area contributed by atoms with Crippen molar-refractivity contribution in [1.82, 2.24) is 10.2 Å². The van der Waals surface area contributed by atoms with E-state index in [0.29, 0.717) is 29.2 Å². The van der Waals surface area contributed by atoms with E-state index >= 15 is 0 Å². The van der Waals surface area contributed by atoms with Gasteiger partial charge in [-0.05, 0) is 84.4 Å². The first-order valence-corrected chi connectivity index (χ1v) is 13.6. The summed E-state index contributed by atoms with van der Waals surface area (Å²) in [6, 6.07) is 10.0. The molecule has 3 amide bonds. The minimum atomic E-state index is -1.15. The number of amides is 3. The number of phenolic OH excluding ortho intramolecular Hbond substituents is 1. The highest BCUT2D eigenvalue weighted by atomic mass is 16.6. The number of carbonyl (C=O) groups excluding carboxylic acids is 3. The smallest absolute Gasteiger partial charge is 0.408 e. The predicted octanol–water partition coefficient (Wildman–Crippen LogP) is 6.26. The fourth-order valence-corrected chi connectivity index (χ4v) is 4.32. The maximum Gasteiger partial charge on any atom is 0.408 e. The summed E-state index contributed by atoms with van der Waals surface area (Å²) in [5, 5.41) is 16.7. The third kappa shape index (κ3) is 9.01. The van der Waals surface area contributed by atoms with Gasteiger partial charge in [-0.15, -0.1) is 0 Å². The van der Waals surface area contributed by atoms with Crippen LogP contribution in [0.25, 0.3) is 0 Å². The highest BCUT2D eigenvalue weighted by Gasteiger charge is 2.39. The van der Waals surface area contributed by atoms with E-state index < -0.39 is 35.6 Å². The van der Waals surface area contributed by atoms with Crippen molar-refractivity contribution in [2.24, 2.45) is 5.92 Å². The predicted molar refractivity (Wildman–Crippen MR) is 155 cm³/mol. The number of ether oxygens (including phenoxy) is 1. The number of phenols is 1. The first-order valence-electron chi connectivity index (χ1n) is 13.6. The van der Waals surface area contributed by atoms with Crippen molar-refractivity contribution < 1.29 is 24.2 Å². The molecule has 0 bridgehead atoms. The number of aryl methyl sites for hydroxylation is 2. The molecule has 8 heteroatoms. The standard InChI is InChI=1S/C31H45N3O5/c1-19(2)17-18-22(5)34(29(37)23(6)32-30(38)39-31(7,8)9)26(24-15-12-14-21(4)27(24)35)28(36)33-25-16-11-10-13-20(25)3/h10-16,19,22-23,26,35H,17-18H2,1-9H3,(H,32,38)(H,33,36). The van der Waals surface area contributed by atoms with Crippen LogP contribution in [0.2, 0.25) is 0 Å². The van der Waals surface area contributed by atoms with Crippen LogP contribution in [0.5, 0.6) is 5.75 Å². The zero-order valence-corrected chi connectivity index (χ0v) is 24.8. The van der Waals surface area contributed by atoms with E-state index in [9.17, 15) is 19.5 Å². The van der Waals surface area contributed by atoms with Crippen molar-refractivity contribution in [2.75, 3.05) is 5.32 Å². The first-order chi connectivity index (χ1) is 18.1. The number of para-hydroxylation sites is 2. The molecule has 0 aliphatic rings. The number of rotatable bonds is 10. The number of aromatic hydroxyl groups is 1. The Balaban J connectivity index is 2.59. The molecule has 0 saturated heterocycles. The molecule has 2 aromatic carbocycles. The fraction of sp³-hybridized carbons (Fsp3) is 0.516. The van der Waals surface area contributed by atoms with E-state index in [1.165, 1.54) is 4.90 Å². The minimum absolute atomic E-state index is 0.0518.